The predicted molar refractivity (Wildman–Crippen MR) is 72.5 cm³/mol. The fraction of sp³-hybridized carbons (Fsp3) is 0.0714. The molecule has 0 heterocycles. The minimum absolute atomic E-state index is 0.0102. The van der Waals surface area contributed by atoms with Crippen LogP contribution in [0, 0.1) is 0 Å². The number of nitrogens with one attached hydrogen (secondary N) is 1. The molecule has 3 nitrogen and oxygen atoms in total. The Morgan fingerprint density at radius 3 is 2.67 bits per heavy atom. The Kier molecular flexibility index (Phi) is 3.85. The molecule has 0 atom stereocenters. The first-order valence-corrected chi connectivity index (χ1v) is 5.85. The molecule has 0 aliphatic carbocycles. The molecule has 18 heavy (non-hydrogen) atoms. The molecule has 0 aromatic heterocycles. The fourth-order valence-electron chi connectivity index (χ4n) is 1.68. The van der Waals surface area contributed by atoms with Gasteiger partial charge in [0.05, 0.1) is 6.42 Å². The van der Waals surface area contributed by atoms with E-state index >= 15 is 0 Å². The zero-order valence-corrected chi connectivity index (χ0v) is 10.3. The molecule has 0 aliphatic rings. The molecule has 92 valence electrons. The number of carbonyl (C=O) groups is 1. The van der Waals surface area contributed by atoms with Crippen LogP contribution in [0.5, 0.6) is 0 Å². The average Bonchev–Trinajstić information content (AvgIpc) is 2.31. The first-order valence-electron chi connectivity index (χ1n) is 5.47. The van der Waals surface area contributed by atoms with Crippen LogP contribution < -0.4 is 5.32 Å². The summed E-state index contributed by atoms with van der Waals surface area (Å²) in [7, 11) is 0. The molecular formula is C14H12ClNO2. The van der Waals surface area contributed by atoms with Crippen LogP contribution in [0.25, 0.3) is 0 Å². The van der Waals surface area contributed by atoms with Crippen molar-refractivity contribution in [1.29, 1.82) is 0 Å². The van der Waals surface area contributed by atoms with Crippen molar-refractivity contribution >= 4 is 28.9 Å². The van der Waals surface area contributed by atoms with Crippen molar-refractivity contribution < 1.29 is 9.90 Å². The summed E-state index contributed by atoms with van der Waals surface area (Å²) in [5, 5.41) is 12.7. The zero-order chi connectivity index (χ0) is 13.0. The third-order valence-corrected chi connectivity index (χ3v) is 2.70. The van der Waals surface area contributed by atoms with E-state index in [-0.39, 0.29) is 6.42 Å². The molecule has 0 radical (unpaired) electrons. The van der Waals surface area contributed by atoms with Gasteiger partial charge in [-0.1, -0.05) is 35.9 Å². The molecule has 0 amide bonds. The molecule has 2 aromatic carbocycles. The van der Waals surface area contributed by atoms with Crippen molar-refractivity contribution in [3.8, 4) is 0 Å². The van der Waals surface area contributed by atoms with Gasteiger partial charge in [-0.15, -0.1) is 0 Å². The Hall–Kier alpha value is -2.00. The molecule has 0 unspecified atom stereocenters. The number of anilines is 2. The van der Waals surface area contributed by atoms with E-state index in [1.54, 1.807) is 18.2 Å². The maximum Gasteiger partial charge on any atom is 0.307 e. The van der Waals surface area contributed by atoms with E-state index in [4.69, 9.17) is 16.7 Å². The van der Waals surface area contributed by atoms with Crippen molar-refractivity contribution in [2.45, 2.75) is 6.42 Å². The average molecular weight is 262 g/mol. The van der Waals surface area contributed by atoms with Crippen LogP contribution in [0.15, 0.2) is 48.5 Å². The van der Waals surface area contributed by atoms with Crippen LogP contribution in [0.3, 0.4) is 0 Å². The summed E-state index contributed by atoms with van der Waals surface area (Å²) in [6.45, 7) is 0. The van der Waals surface area contributed by atoms with Gasteiger partial charge in [-0.3, -0.25) is 4.79 Å². The fourth-order valence-corrected chi connectivity index (χ4v) is 1.87. The van der Waals surface area contributed by atoms with Crippen molar-refractivity contribution in [2.75, 3.05) is 5.32 Å². The van der Waals surface area contributed by atoms with Gasteiger partial charge in [-0.25, -0.2) is 0 Å². The van der Waals surface area contributed by atoms with Crippen molar-refractivity contribution in [3.63, 3.8) is 0 Å². The molecule has 0 bridgehead atoms. The van der Waals surface area contributed by atoms with Gasteiger partial charge in [-0.2, -0.15) is 0 Å². The Morgan fingerprint density at radius 1 is 1.17 bits per heavy atom. The Balaban J connectivity index is 2.26. The number of carboxylic acids is 1. The van der Waals surface area contributed by atoms with E-state index in [2.05, 4.69) is 5.32 Å². The standard InChI is InChI=1S/C14H12ClNO2/c15-11-5-3-6-12(9-11)16-13-7-2-1-4-10(13)8-14(17)18/h1-7,9,16H,8H2,(H,17,18). The Morgan fingerprint density at radius 2 is 1.94 bits per heavy atom. The first kappa shape index (κ1) is 12.5. The molecule has 4 heteroatoms. The third kappa shape index (κ3) is 3.25. The molecular weight excluding hydrogens is 250 g/mol. The second-order valence-electron chi connectivity index (χ2n) is 3.86. The quantitative estimate of drug-likeness (QED) is 0.882. The van der Waals surface area contributed by atoms with Gasteiger partial charge in [0.25, 0.3) is 0 Å². The van der Waals surface area contributed by atoms with Crippen molar-refractivity contribution in [3.05, 3.63) is 59.1 Å². The van der Waals surface area contributed by atoms with Gasteiger partial charge in [0.1, 0.15) is 0 Å². The van der Waals surface area contributed by atoms with Gasteiger partial charge >= 0.3 is 5.97 Å². The van der Waals surface area contributed by atoms with Crippen LogP contribution in [0.2, 0.25) is 5.02 Å². The summed E-state index contributed by atoms with van der Waals surface area (Å²) >= 11 is 5.90. The molecule has 0 saturated heterocycles. The van der Waals surface area contributed by atoms with E-state index in [1.165, 1.54) is 0 Å². The van der Waals surface area contributed by atoms with Gasteiger partial charge < -0.3 is 10.4 Å². The first-order chi connectivity index (χ1) is 8.65. The summed E-state index contributed by atoms with van der Waals surface area (Å²) in [6.07, 6.45) is -0.0102. The van der Waals surface area contributed by atoms with Crippen LogP contribution in [-0.2, 0) is 11.2 Å². The Bertz CT molecular complexity index is 569. The third-order valence-electron chi connectivity index (χ3n) is 2.46. The predicted octanol–water partition coefficient (Wildman–Crippen LogP) is 3.71. The number of rotatable bonds is 4. The smallest absolute Gasteiger partial charge is 0.307 e. The van der Waals surface area contributed by atoms with Crippen LogP contribution in [0.4, 0.5) is 11.4 Å². The molecule has 0 saturated carbocycles. The van der Waals surface area contributed by atoms with Gasteiger partial charge in [0.2, 0.25) is 0 Å². The second-order valence-corrected chi connectivity index (χ2v) is 4.30. The largest absolute Gasteiger partial charge is 0.481 e. The van der Waals surface area contributed by atoms with E-state index in [1.807, 2.05) is 30.3 Å². The lowest BCUT2D eigenvalue weighted by Gasteiger charge is -2.10. The minimum Gasteiger partial charge on any atom is -0.481 e. The van der Waals surface area contributed by atoms with E-state index in [9.17, 15) is 4.79 Å². The van der Waals surface area contributed by atoms with Crippen molar-refractivity contribution in [1.82, 2.24) is 0 Å². The number of halogens is 1. The molecule has 2 N–H and O–H groups in total. The molecule has 0 fully saturated rings. The summed E-state index contributed by atoms with van der Waals surface area (Å²) in [4.78, 5) is 10.8. The maximum atomic E-state index is 10.8. The van der Waals surface area contributed by atoms with Gasteiger partial charge in [0.15, 0.2) is 0 Å². The number of aliphatic carboxylic acids is 1. The number of benzene rings is 2. The van der Waals surface area contributed by atoms with Gasteiger partial charge in [-0.05, 0) is 29.8 Å². The highest BCUT2D eigenvalue weighted by Crippen LogP contribution is 2.23. The number of para-hydroxylation sites is 1. The highest BCUT2D eigenvalue weighted by Gasteiger charge is 2.06. The minimum atomic E-state index is -0.852. The lowest BCUT2D eigenvalue weighted by molar-refractivity contribution is -0.136. The number of carboxylic acid groups (broad SMARTS) is 1. The number of hydrogen-bond acceptors (Lipinski definition) is 2. The summed E-state index contributed by atoms with van der Waals surface area (Å²) < 4.78 is 0. The van der Waals surface area contributed by atoms with E-state index in [0.717, 1.165) is 16.9 Å². The molecule has 2 aromatic rings. The SMILES string of the molecule is O=C(O)Cc1ccccc1Nc1cccc(Cl)c1. The van der Waals surface area contributed by atoms with Crippen LogP contribution in [0.1, 0.15) is 5.56 Å². The zero-order valence-electron chi connectivity index (χ0n) is 9.56. The second kappa shape index (κ2) is 5.56. The summed E-state index contributed by atoms with van der Waals surface area (Å²) in [5.41, 5.74) is 2.35. The highest BCUT2D eigenvalue weighted by atomic mass is 35.5. The van der Waals surface area contributed by atoms with Crippen LogP contribution >= 0.6 is 11.6 Å². The van der Waals surface area contributed by atoms with E-state index < -0.39 is 5.97 Å². The monoisotopic (exact) mass is 261 g/mol. The topological polar surface area (TPSA) is 49.3 Å². The molecule has 2 rings (SSSR count). The van der Waals surface area contributed by atoms with Gasteiger partial charge in [0, 0.05) is 16.4 Å². The lowest BCUT2D eigenvalue weighted by Crippen LogP contribution is -2.03. The summed E-state index contributed by atoms with van der Waals surface area (Å²) in [6, 6.07) is 14.6. The summed E-state index contributed by atoms with van der Waals surface area (Å²) in [5.74, 6) is -0.852. The normalized spacial score (nSPS) is 10.1. The molecule has 0 spiro atoms. The van der Waals surface area contributed by atoms with Crippen molar-refractivity contribution in [2.24, 2.45) is 0 Å². The van der Waals surface area contributed by atoms with E-state index in [0.29, 0.717) is 5.02 Å². The Labute approximate surface area is 110 Å². The highest BCUT2D eigenvalue weighted by molar-refractivity contribution is 6.30. The molecule has 0 aliphatic heterocycles. The maximum absolute atomic E-state index is 10.8. The van der Waals surface area contributed by atoms with Crippen LogP contribution in [-0.4, -0.2) is 11.1 Å². The number of hydrogen-bond donors (Lipinski definition) is 2. The lowest BCUT2D eigenvalue weighted by atomic mass is 10.1.